The Balaban J connectivity index is 1.76. The van der Waals surface area contributed by atoms with E-state index in [1.807, 2.05) is 54.6 Å². The fourth-order valence-corrected chi connectivity index (χ4v) is 2.27. The molecule has 2 N–H and O–H groups in total. The molecule has 0 spiro atoms. The van der Waals surface area contributed by atoms with Gasteiger partial charge in [-0.3, -0.25) is 4.79 Å². The average molecular weight is 304 g/mol. The van der Waals surface area contributed by atoms with Crippen molar-refractivity contribution in [3.05, 3.63) is 70.7 Å². The number of benzene rings is 2. The predicted octanol–water partition coefficient (Wildman–Crippen LogP) is 3.12. The van der Waals surface area contributed by atoms with Gasteiger partial charge >= 0.3 is 0 Å². The van der Waals surface area contributed by atoms with E-state index in [1.165, 1.54) is 0 Å². The van der Waals surface area contributed by atoms with Crippen LogP contribution in [-0.4, -0.2) is 17.6 Å². The minimum absolute atomic E-state index is 0.0927. The Morgan fingerprint density at radius 1 is 1.10 bits per heavy atom. The normalized spacial score (nSPS) is 11.9. The van der Waals surface area contributed by atoms with E-state index in [4.69, 9.17) is 11.6 Å². The Labute approximate surface area is 129 Å². The lowest BCUT2D eigenvalue weighted by molar-refractivity contribution is -0.121. The summed E-state index contributed by atoms with van der Waals surface area (Å²) in [6.07, 6.45) is 0.258. The summed E-state index contributed by atoms with van der Waals surface area (Å²) in [6.45, 7) is 0.214. The highest BCUT2D eigenvalue weighted by molar-refractivity contribution is 6.31. The third-order valence-corrected chi connectivity index (χ3v) is 3.62. The molecule has 110 valence electrons. The van der Waals surface area contributed by atoms with Crippen LogP contribution in [0.1, 0.15) is 23.7 Å². The molecule has 1 atom stereocenters. The van der Waals surface area contributed by atoms with Gasteiger partial charge in [0.2, 0.25) is 5.91 Å². The van der Waals surface area contributed by atoms with E-state index < -0.39 is 6.10 Å². The maximum Gasteiger partial charge on any atom is 0.220 e. The van der Waals surface area contributed by atoms with Crippen molar-refractivity contribution in [1.82, 2.24) is 5.32 Å². The summed E-state index contributed by atoms with van der Waals surface area (Å²) in [5.74, 6) is -0.0927. The van der Waals surface area contributed by atoms with Crippen molar-refractivity contribution in [2.75, 3.05) is 6.54 Å². The number of halogens is 1. The van der Waals surface area contributed by atoms with Crippen LogP contribution in [0.25, 0.3) is 0 Å². The Hall–Kier alpha value is -1.84. The standard InChI is InChI=1S/C17H18ClNO2/c18-15-9-5-4-6-13(15)10-11-17(21)19-12-16(20)14-7-2-1-3-8-14/h1-9,16,20H,10-12H2,(H,19,21). The molecular weight excluding hydrogens is 286 g/mol. The lowest BCUT2D eigenvalue weighted by Gasteiger charge is -2.12. The number of aliphatic hydroxyl groups excluding tert-OH is 1. The van der Waals surface area contributed by atoms with Crippen molar-refractivity contribution in [2.24, 2.45) is 0 Å². The molecule has 0 saturated heterocycles. The molecule has 1 amide bonds. The van der Waals surface area contributed by atoms with Crippen molar-refractivity contribution in [2.45, 2.75) is 18.9 Å². The first-order valence-corrected chi connectivity index (χ1v) is 7.27. The van der Waals surface area contributed by atoms with Crippen molar-refractivity contribution in [3.63, 3.8) is 0 Å². The first kappa shape index (κ1) is 15.5. The topological polar surface area (TPSA) is 49.3 Å². The van der Waals surface area contributed by atoms with Crippen molar-refractivity contribution >= 4 is 17.5 Å². The van der Waals surface area contributed by atoms with Gasteiger partial charge in [-0.25, -0.2) is 0 Å². The SMILES string of the molecule is O=C(CCc1ccccc1Cl)NCC(O)c1ccccc1. The van der Waals surface area contributed by atoms with E-state index in [0.29, 0.717) is 17.9 Å². The second-order valence-corrected chi connectivity index (χ2v) is 5.23. The van der Waals surface area contributed by atoms with Gasteiger partial charge < -0.3 is 10.4 Å². The van der Waals surface area contributed by atoms with E-state index in [1.54, 1.807) is 0 Å². The molecule has 2 rings (SSSR count). The number of carbonyl (C=O) groups is 1. The monoisotopic (exact) mass is 303 g/mol. The van der Waals surface area contributed by atoms with Crippen LogP contribution in [0.2, 0.25) is 5.02 Å². The fourth-order valence-electron chi connectivity index (χ4n) is 2.04. The molecule has 0 aliphatic carbocycles. The molecule has 0 aliphatic heterocycles. The summed E-state index contributed by atoms with van der Waals surface area (Å²) in [7, 11) is 0. The number of hydrogen-bond acceptors (Lipinski definition) is 2. The summed E-state index contributed by atoms with van der Waals surface area (Å²) < 4.78 is 0. The van der Waals surface area contributed by atoms with Crippen molar-refractivity contribution < 1.29 is 9.90 Å². The van der Waals surface area contributed by atoms with E-state index in [-0.39, 0.29) is 12.5 Å². The molecule has 0 radical (unpaired) electrons. The van der Waals surface area contributed by atoms with E-state index in [0.717, 1.165) is 11.1 Å². The number of aryl methyl sites for hydroxylation is 1. The van der Waals surface area contributed by atoms with Gasteiger partial charge in [-0.05, 0) is 23.6 Å². The summed E-state index contributed by atoms with van der Waals surface area (Å²) in [5.41, 5.74) is 1.75. The molecule has 0 aliphatic rings. The van der Waals surface area contributed by atoms with E-state index in [9.17, 15) is 9.90 Å². The summed E-state index contributed by atoms with van der Waals surface area (Å²) in [4.78, 5) is 11.8. The smallest absolute Gasteiger partial charge is 0.220 e. The zero-order valence-corrected chi connectivity index (χ0v) is 12.4. The molecular formula is C17H18ClNO2. The average Bonchev–Trinajstić information content (AvgIpc) is 2.52. The molecule has 2 aromatic carbocycles. The minimum Gasteiger partial charge on any atom is -0.387 e. The van der Waals surface area contributed by atoms with Crippen LogP contribution in [0.3, 0.4) is 0 Å². The highest BCUT2D eigenvalue weighted by atomic mass is 35.5. The number of nitrogens with one attached hydrogen (secondary N) is 1. The lowest BCUT2D eigenvalue weighted by Crippen LogP contribution is -2.28. The first-order valence-electron chi connectivity index (χ1n) is 6.90. The number of aliphatic hydroxyl groups is 1. The van der Waals surface area contributed by atoms with Gasteiger partial charge in [0.1, 0.15) is 0 Å². The van der Waals surface area contributed by atoms with Gasteiger partial charge in [-0.1, -0.05) is 60.1 Å². The molecule has 0 heterocycles. The maximum atomic E-state index is 11.8. The predicted molar refractivity (Wildman–Crippen MR) is 84.2 cm³/mol. The van der Waals surface area contributed by atoms with Crippen LogP contribution in [-0.2, 0) is 11.2 Å². The molecule has 0 aromatic heterocycles. The van der Waals surface area contributed by atoms with Crippen LogP contribution < -0.4 is 5.32 Å². The zero-order valence-electron chi connectivity index (χ0n) is 11.6. The molecule has 4 heteroatoms. The van der Waals surface area contributed by atoms with Crippen LogP contribution in [0.15, 0.2) is 54.6 Å². The molecule has 21 heavy (non-hydrogen) atoms. The van der Waals surface area contributed by atoms with E-state index >= 15 is 0 Å². The van der Waals surface area contributed by atoms with Crippen LogP contribution in [0.5, 0.6) is 0 Å². The molecule has 3 nitrogen and oxygen atoms in total. The summed E-state index contributed by atoms with van der Waals surface area (Å²) in [6, 6.07) is 16.8. The summed E-state index contributed by atoms with van der Waals surface area (Å²) >= 11 is 6.04. The Morgan fingerprint density at radius 2 is 1.76 bits per heavy atom. The molecule has 0 bridgehead atoms. The van der Waals surface area contributed by atoms with E-state index in [2.05, 4.69) is 5.32 Å². The molecule has 0 saturated carbocycles. The maximum absolute atomic E-state index is 11.8. The van der Waals surface area contributed by atoms with Gasteiger partial charge in [0.25, 0.3) is 0 Å². The number of amides is 1. The van der Waals surface area contributed by atoms with Gasteiger partial charge in [-0.15, -0.1) is 0 Å². The van der Waals surface area contributed by atoms with Gasteiger partial charge in [-0.2, -0.15) is 0 Å². The lowest BCUT2D eigenvalue weighted by atomic mass is 10.1. The quantitative estimate of drug-likeness (QED) is 0.861. The number of rotatable bonds is 6. The number of hydrogen-bond donors (Lipinski definition) is 2. The fraction of sp³-hybridized carbons (Fsp3) is 0.235. The molecule has 0 fully saturated rings. The van der Waals surface area contributed by atoms with Crippen molar-refractivity contribution in [1.29, 1.82) is 0 Å². The third kappa shape index (κ3) is 4.88. The van der Waals surface area contributed by atoms with Crippen LogP contribution in [0, 0.1) is 0 Å². The minimum atomic E-state index is -0.685. The largest absolute Gasteiger partial charge is 0.387 e. The number of carbonyl (C=O) groups excluding carboxylic acids is 1. The highest BCUT2D eigenvalue weighted by Gasteiger charge is 2.09. The Morgan fingerprint density at radius 3 is 2.48 bits per heavy atom. The van der Waals surface area contributed by atoms with Gasteiger partial charge in [0.05, 0.1) is 6.10 Å². The van der Waals surface area contributed by atoms with Crippen molar-refractivity contribution in [3.8, 4) is 0 Å². The van der Waals surface area contributed by atoms with Crippen LogP contribution >= 0.6 is 11.6 Å². The molecule has 1 unspecified atom stereocenters. The Bertz CT molecular complexity index is 586. The molecule has 2 aromatic rings. The third-order valence-electron chi connectivity index (χ3n) is 3.26. The van der Waals surface area contributed by atoms with Gasteiger partial charge in [0.15, 0.2) is 0 Å². The summed E-state index contributed by atoms with van der Waals surface area (Å²) in [5, 5.41) is 13.4. The second kappa shape index (κ2) is 7.81. The second-order valence-electron chi connectivity index (χ2n) is 4.82. The van der Waals surface area contributed by atoms with Crippen LogP contribution in [0.4, 0.5) is 0 Å². The Kier molecular flexibility index (Phi) is 5.78. The highest BCUT2D eigenvalue weighted by Crippen LogP contribution is 2.16. The van der Waals surface area contributed by atoms with Gasteiger partial charge in [0, 0.05) is 18.0 Å². The zero-order chi connectivity index (χ0) is 15.1. The first-order chi connectivity index (χ1) is 10.2.